The molecule has 0 fully saturated rings. The Kier molecular flexibility index (Phi) is 5.63. The third kappa shape index (κ3) is 4.13. The lowest BCUT2D eigenvalue weighted by Crippen LogP contribution is -2.21. The number of aliphatic imine (C=N–C) groups is 2. The summed E-state index contributed by atoms with van der Waals surface area (Å²) in [6.45, 7) is 3.74. The maximum Gasteiger partial charge on any atom is 0.416 e. The molecule has 0 unspecified atom stereocenters. The molecular weight excluding hydrogens is 365 g/mol. The van der Waals surface area contributed by atoms with Gasteiger partial charge in [0.05, 0.1) is 22.7 Å². The summed E-state index contributed by atoms with van der Waals surface area (Å²) in [6, 6.07) is 8.17. The molecule has 0 bridgehead atoms. The van der Waals surface area contributed by atoms with E-state index in [0.717, 1.165) is 5.70 Å². The van der Waals surface area contributed by atoms with Gasteiger partial charge in [-0.3, -0.25) is 15.0 Å². The highest BCUT2D eigenvalue weighted by atomic mass is 19.4. The number of hydrogen-bond donors (Lipinski definition) is 0. The van der Waals surface area contributed by atoms with Crippen LogP contribution in [-0.4, -0.2) is 30.5 Å². The fraction of sp³-hybridized carbons (Fsp3) is 0.286. The molecule has 1 aromatic heterocycles. The van der Waals surface area contributed by atoms with E-state index in [0.29, 0.717) is 35.6 Å². The number of halogens is 3. The van der Waals surface area contributed by atoms with Crippen LogP contribution in [0.1, 0.15) is 35.7 Å². The molecule has 0 atom stereocenters. The molecule has 146 valence electrons. The van der Waals surface area contributed by atoms with Gasteiger partial charge in [0, 0.05) is 49.9 Å². The van der Waals surface area contributed by atoms with Crippen LogP contribution in [0.5, 0.6) is 0 Å². The molecule has 0 saturated heterocycles. The molecule has 2 heterocycles. The number of rotatable bonds is 1. The summed E-state index contributed by atoms with van der Waals surface area (Å²) in [5.41, 5.74) is 2.42. The van der Waals surface area contributed by atoms with Crippen molar-refractivity contribution in [2.24, 2.45) is 9.98 Å². The van der Waals surface area contributed by atoms with Crippen LogP contribution < -0.4 is 4.90 Å². The number of benzene rings is 1. The Bertz CT molecular complexity index is 944. The summed E-state index contributed by atoms with van der Waals surface area (Å²) in [5.74, 6) is 0. The first kappa shape index (κ1) is 19.8. The third-order valence-corrected chi connectivity index (χ3v) is 4.60. The van der Waals surface area contributed by atoms with Crippen molar-refractivity contribution in [3.05, 3.63) is 70.8 Å². The minimum atomic E-state index is -4.44. The second kappa shape index (κ2) is 7.96. The minimum absolute atomic E-state index is 0.149. The summed E-state index contributed by atoms with van der Waals surface area (Å²) >= 11 is 0. The molecule has 0 N–H and O–H groups in total. The van der Waals surface area contributed by atoms with Crippen molar-refractivity contribution in [3.63, 3.8) is 0 Å². The van der Waals surface area contributed by atoms with Gasteiger partial charge < -0.3 is 4.90 Å². The van der Waals surface area contributed by atoms with E-state index in [9.17, 15) is 13.2 Å². The Hall–Kier alpha value is -2.96. The number of aromatic nitrogens is 1. The molecule has 0 spiro atoms. The van der Waals surface area contributed by atoms with E-state index in [2.05, 4.69) is 15.0 Å². The number of hydrogen-bond acceptors (Lipinski definition) is 4. The normalized spacial score (nSPS) is 20.3. The molecule has 0 amide bonds. The lowest BCUT2D eigenvalue weighted by atomic mass is 9.96. The van der Waals surface area contributed by atoms with Crippen molar-refractivity contribution in [1.29, 1.82) is 0 Å². The maximum absolute atomic E-state index is 13.6. The van der Waals surface area contributed by atoms with Crippen molar-refractivity contribution in [1.82, 2.24) is 4.98 Å². The molecule has 4 nitrogen and oxygen atoms in total. The van der Waals surface area contributed by atoms with E-state index in [1.54, 1.807) is 42.7 Å². The highest BCUT2D eigenvalue weighted by Gasteiger charge is 2.34. The van der Waals surface area contributed by atoms with Gasteiger partial charge >= 0.3 is 6.18 Å². The van der Waals surface area contributed by atoms with Crippen molar-refractivity contribution in [2.45, 2.75) is 26.4 Å². The minimum Gasteiger partial charge on any atom is -0.346 e. The molecule has 0 radical (unpaired) electrons. The van der Waals surface area contributed by atoms with Crippen molar-refractivity contribution < 1.29 is 13.2 Å². The number of alkyl halides is 3. The first-order chi connectivity index (χ1) is 13.3. The Morgan fingerprint density at radius 3 is 2.57 bits per heavy atom. The van der Waals surface area contributed by atoms with Crippen LogP contribution >= 0.6 is 0 Å². The highest BCUT2D eigenvalue weighted by molar-refractivity contribution is 6.15. The average molecular weight is 386 g/mol. The van der Waals surface area contributed by atoms with E-state index in [-0.39, 0.29) is 5.56 Å². The maximum atomic E-state index is 13.6. The smallest absolute Gasteiger partial charge is 0.346 e. The molecule has 7 heteroatoms. The number of nitrogens with zero attached hydrogens (tertiary/aromatic N) is 4. The number of fused-ring (bicyclic) bond motifs is 1. The first-order valence-electron chi connectivity index (χ1n) is 8.89. The van der Waals surface area contributed by atoms with Crippen LogP contribution in [0.15, 0.2) is 58.4 Å². The summed E-state index contributed by atoms with van der Waals surface area (Å²) in [4.78, 5) is 15.0. The van der Waals surface area contributed by atoms with Gasteiger partial charge in [-0.15, -0.1) is 0 Å². The largest absolute Gasteiger partial charge is 0.416 e. The fourth-order valence-corrected chi connectivity index (χ4v) is 3.02. The van der Waals surface area contributed by atoms with Crippen LogP contribution in [0.25, 0.3) is 0 Å². The average Bonchev–Trinajstić information content (AvgIpc) is 2.68. The van der Waals surface area contributed by atoms with Crippen LogP contribution in [0.2, 0.25) is 0 Å². The third-order valence-electron chi connectivity index (χ3n) is 4.60. The van der Waals surface area contributed by atoms with Gasteiger partial charge in [-0.2, -0.15) is 13.2 Å². The molecule has 0 saturated carbocycles. The second-order valence-corrected chi connectivity index (χ2v) is 6.58. The Labute approximate surface area is 162 Å². The van der Waals surface area contributed by atoms with E-state index in [1.807, 2.05) is 19.1 Å². The number of aryl methyl sites for hydroxylation is 1. The van der Waals surface area contributed by atoms with Gasteiger partial charge in [-0.25, -0.2) is 0 Å². The molecule has 2 aromatic rings. The zero-order chi connectivity index (χ0) is 20.3. The zero-order valence-electron chi connectivity index (χ0n) is 16.0. The summed E-state index contributed by atoms with van der Waals surface area (Å²) in [5, 5.41) is 0. The van der Waals surface area contributed by atoms with Crippen LogP contribution in [-0.2, 0) is 6.18 Å². The first-order valence-corrected chi connectivity index (χ1v) is 8.89. The van der Waals surface area contributed by atoms with Crippen molar-refractivity contribution >= 4 is 17.6 Å². The number of anilines is 1. The summed E-state index contributed by atoms with van der Waals surface area (Å²) in [7, 11) is 1.73. The van der Waals surface area contributed by atoms with Crippen molar-refractivity contribution in [2.75, 3.05) is 18.5 Å². The quantitative estimate of drug-likeness (QED) is 0.691. The molecular formula is C21H21F3N4. The predicted octanol–water partition coefficient (Wildman–Crippen LogP) is 5.02. The van der Waals surface area contributed by atoms with Gasteiger partial charge in [-0.1, -0.05) is 6.07 Å². The fourth-order valence-electron chi connectivity index (χ4n) is 3.02. The second-order valence-electron chi connectivity index (χ2n) is 6.58. The Balaban J connectivity index is 2.31. The topological polar surface area (TPSA) is 40.9 Å². The molecule has 1 aromatic carbocycles. The van der Waals surface area contributed by atoms with Gasteiger partial charge in [0.1, 0.15) is 0 Å². The lowest BCUT2D eigenvalue weighted by molar-refractivity contribution is -0.138. The van der Waals surface area contributed by atoms with Gasteiger partial charge in [0.2, 0.25) is 0 Å². The van der Waals surface area contributed by atoms with E-state index in [4.69, 9.17) is 0 Å². The molecule has 1 aliphatic heterocycles. The van der Waals surface area contributed by atoms with Crippen LogP contribution in [0.4, 0.5) is 18.9 Å². The molecule has 0 aliphatic carbocycles. The zero-order valence-corrected chi connectivity index (χ0v) is 16.0. The molecule has 3 rings (SSSR count). The van der Waals surface area contributed by atoms with Gasteiger partial charge in [0.25, 0.3) is 0 Å². The Morgan fingerprint density at radius 1 is 1.11 bits per heavy atom. The standard InChI is InChI=1S/C21H21F3N4/c1-14-11-16-19(12-17(14)21(22,23)24)28(3)15(2)13-25-8-6-10-27-20(16)18-7-4-5-9-26-18/h4-5,7-9,11-13H,6,10H2,1-3H3/b15-13-,25-8+,27-20+. The van der Waals surface area contributed by atoms with Crippen molar-refractivity contribution in [3.8, 4) is 0 Å². The highest BCUT2D eigenvalue weighted by Crippen LogP contribution is 2.37. The van der Waals surface area contributed by atoms with E-state index >= 15 is 0 Å². The van der Waals surface area contributed by atoms with Crippen LogP contribution in [0.3, 0.4) is 0 Å². The summed E-state index contributed by atoms with van der Waals surface area (Å²) in [6.07, 6.45) is 1.22. The van der Waals surface area contributed by atoms with Gasteiger partial charge in [-0.05, 0) is 43.7 Å². The number of pyridine rings is 1. The predicted molar refractivity (Wildman–Crippen MR) is 106 cm³/mol. The summed E-state index contributed by atoms with van der Waals surface area (Å²) < 4.78 is 40.7. The SMILES string of the molecule is C/C1=C/N=C/CC/N=C(/c2ccccn2)c2cc(C)c(C(F)(F)F)cc2N1C. The Morgan fingerprint density at radius 2 is 1.89 bits per heavy atom. The molecule has 28 heavy (non-hydrogen) atoms. The van der Waals surface area contributed by atoms with E-state index in [1.165, 1.54) is 13.0 Å². The lowest BCUT2D eigenvalue weighted by Gasteiger charge is -2.25. The van der Waals surface area contributed by atoms with E-state index < -0.39 is 11.7 Å². The van der Waals surface area contributed by atoms with Gasteiger partial charge in [0.15, 0.2) is 0 Å². The number of allylic oxidation sites excluding steroid dienone is 1. The van der Waals surface area contributed by atoms with Crippen LogP contribution in [0, 0.1) is 6.92 Å². The monoisotopic (exact) mass is 386 g/mol. The molecule has 1 aliphatic rings.